The van der Waals surface area contributed by atoms with Gasteiger partial charge < -0.3 is 15.4 Å². The summed E-state index contributed by atoms with van der Waals surface area (Å²) in [4.78, 5) is 11.5. The van der Waals surface area contributed by atoms with E-state index in [9.17, 15) is 9.18 Å². The number of carbonyl (C=O) groups excluding carboxylic acids is 1. The first-order chi connectivity index (χ1) is 8.24. The molecule has 0 spiro atoms. The van der Waals surface area contributed by atoms with Gasteiger partial charge in [-0.15, -0.1) is 0 Å². The van der Waals surface area contributed by atoms with Crippen LogP contribution in [0.4, 0.5) is 14.9 Å². The number of anilines is 1. The Balaban J connectivity index is 1.76. The lowest BCUT2D eigenvalue weighted by Crippen LogP contribution is -2.35. The van der Waals surface area contributed by atoms with Gasteiger partial charge in [0.05, 0.1) is 6.10 Å². The molecule has 0 aromatic heterocycles. The van der Waals surface area contributed by atoms with Gasteiger partial charge in [-0.3, -0.25) is 0 Å². The van der Waals surface area contributed by atoms with E-state index < -0.39 is 0 Å². The standard InChI is InChI=1S/C12H15FN2O2/c13-9-3-1-4-10(7-9)15-12(16)14-8-11-5-2-6-17-11/h1,3-4,7,11H,2,5-6,8H2,(H2,14,15,16)/t11-/m1/s1. The summed E-state index contributed by atoms with van der Waals surface area (Å²) < 4.78 is 18.2. The molecular formula is C12H15FN2O2. The molecule has 1 aromatic rings. The molecule has 2 N–H and O–H groups in total. The van der Waals surface area contributed by atoms with Crippen molar-refractivity contribution in [3.8, 4) is 0 Å². The summed E-state index contributed by atoms with van der Waals surface area (Å²) in [6, 6.07) is 5.44. The fourth-order valence-electron chi connectivity index (χ4n) is 1.75. The number of hydrogen-bond donors (Lipinski definition) is 2. The van der Waals surface area contributed by atoms with Crippen molar-refractivity contribution in [1.82, 2.24) is 5.32 Å². The lowest BCUT2D eigenvalue weighted by atomic mass is 10.2. The summed E-state index contributed by atoms with van der Waals surface area (Å²) in [6.07, 6.45) is 2.12. The van der Waals surface area contributed by atoms with E-state index in [0.29, 0.717) is 12.2 Å². The maximum absolute atomic E-state index is 12.9. The van der Waals surface area contributed by atoms with Crippen molar-refractivity contribution in [1.29, 1.82) is 0 Å². The Morgan fingerprint density at radius 3 is 3.12 bits per heavy atom. The van der Waals surface area contributed by atoms with E-state index in [0.717, 1.165) is 19.4 Å². The highest BCUT2D eigenvalue weighted by Crippen LogP contribution is 2.11. The van der Waals surface area contributed by atoms with Crippen LogP contribution in [0.15, 0.2) is 24.3 Å². The fourth-order valence-corrected chi connectivity index (χ4v) is 1.75. The van der Waals surface area contributed by atoms with E-state index in [-0.39, 0.29) is 18.0 Å². The second-order valence-electron chi connectivity index (χ2n) is 3.98. The Bertz CT molecular complexity index is 392. The number of halogens is 1. The molecule has 1 fully saturated rings. The third-order valence-corrected chi connectivity index (χ3v) is 2.60. The Kier molecular flexibility index (Phi) is 3.93. The number of hydrogen-bond acceptors (Lipinski definition) is 2. The molecule has 0 aliphatic carbocycles. The van der Waals surface area contributed by atoms with Gasteiger partial charge in [0, 0.05) is 18.8 Å². The molecule has 0 bridgehead atoms. The molecule has 0 saturated carbocycles. The third kappa shape index (κ3) is 3.71. The van der Waals surface area contributed by atoms with Gasteiger partial charge in [0.25, 0.3) is 0 Å². The molecular weight excluding hydrogens is 223 g/mol. The molecule has 17 heavy (non-hydrogen) atoms. The van der Waals surface area contributed by atoms with Gasteiger partial charge in [-0.25, -0.2) is 9.18 Å². The highest BCUT2D eigenvalue weighted by atomic mass is 19.1. The summed E-state index contributed by atoms with van der Waals surface area (Å²) in [5, 5.41) is 5.26. The van der Waals surface area contributed by atoms with Crippen molar-refractivity contribution in [3.63, 3.8) is 0 Å². The summed E-state index contributed by atoms with van der Waals surface area (Å²) in [5.74, 6) is -0.373. The minimum atomic E-state index is -0.373. The predicted molar refractivity (Wildman–Crippen MR) is 62.4 cm³/mol. The first-order valence-corrected chi connectivity index (χ1v) is 5.66. The second-order valence-corrected chi connectivity index (χ2v) is 3.98. The Morgan fingerprint density at radius 2 is 2.41 bits per heavy atom. The average molecular weight is 238 g/mol. The molecule has 1 aliphatic rings. The molecule has 1 saturated heterocycles. The molecule has 2 rings (SSSR count). The summed E-state index contributed by atoms with van der Waals surface area (Å²) in [6.45, 7) is 1.25. The van der Waals surface area contributed by atoms with Crippen LogP contribution in [0, 0.1) is 5.82 Å². The number of ether oxygens (including phenoxy) is 1. The lowest BCUT2D eigenvalue weighted by molar-refractivity contribution is 0.112. The topological polar surface area (TPSA) is 50.4 Å². The van der Waals surface area contributed by atoms with Crippen LogP contribution in [0.25, 0.3) is 0 Å². The van der Waals surface area contributed by atoms with Gasteiger partial charge in [0.1, 0.15) is 5.82 Å². The van der Waals surface area contributed by atoms with E-state index in [1.807, 2.05) is 0 Å². The van der Waals surface area contributed by atoms with Crippen LogP contribution in [-0.2, 0) is 4.74 Å². The number of carbonyl (C=O) groups is 1. The smallest absolute Gasteiger partial charge is 0.319 e. The lowest BCUT2D eigenvalue weighted by Gasteiger charge is -2.11. The Hall–Kier alpha value is -1.62. The van der Waals surface area contributed by atoms with Crippen LogP contribution in [-0.4, -0.2) is 25.3 Å². The maximum atomic E-state index is 12.9. The molecule has 2 amide bonds. The molecule has 92 valence electrons. The second kappa shape index (κ2) is 5.63. The van der Waals surface area contributed by atoms with Crippen molar-refractivity contribution in [2.45, 2.75) is 18.9 Å². The SMILES string of the molecule is O=C(NC[C@H]1CCCO1)Nc1cccc(F)c1. The van der Waals surface area contributed by atoms with Crippen LogP contribution in [0.3, 0.4) is 0 Å². The third-order valence-electron chi connectivity index (χ3n) is 2.60. The number of rotatable bonds is 3. The van der Waals surface area contributed by atoms with Crippen molar-refractivity contribution in [2.75, 3.05) is 18.5 Å². The molecule has 1 aliphatic heterocycles. The van der Waals surface area contributed by atoms with Crippen LogP contribution >= 0.6 is 0 Å². The monoisotopic (exact) mass is 238 g/mol. The molecule has 5 heteroatoms. The van der Waals surface area contributed by atoms with Gasteiger partial charge in [0.2, 0.25) is 0 Å². The highest BCUT2D eigenvalue weighted by Gasteiger charge is 2.15. The number of urea groups is 1. The molecule has 4 nitrogen and oxygen atoms in total. The summed E-state index contributed by atoms with van der Waals surface area (Å²) >= 11 is 0. The zero-order valence-corrected chi connectivity index (χ0v) is 9.41. The molecule has 1 aromatic carbocycles. The molecule has 0 radical (unpaired) electrons. The molecule has 0 unspecified atom stereocenters. The predicted octanol–water partition coefficient (Wildman–Crippen LogP) is 2.13. The van der Waals surface area contributed by atoms with Gasteiger partial charge in [-0.05, 0) is 31.0 Å². The minimum Gasteiger partial charge on any atom is -0.376 e. The van der Waals surface area contributed by atoms with E-state index >= 15 is 0 Å². The number of amides is 2. The minimum absolute atomic E-state index is 0.105. The zero-order valence-electron chi connectivity index (χ0n) is 9.41. The van der Waals surface area contributed by atoms with E-state index in [4.69, 9.17) is 4.74 Å². The number of nitrogens with one attached hydrogen (secondary N) is 2. The largest absolute Gasteiger partial charge is 0.376 e. The maximum Gasteiger partial charge on any atom is 0.319 e. The summed E-state index contributed by atoms with van der Waals surface area (Å²) in [5.41, 5.74) is 0.440. The Morgan fingerprint density at radius 1 is 1.53 bits per heavy atom. The first kappa shape index (κ1) is 11.9. The van der Waals surface area contributed by atoms with Crippen LogP contribution in [0.5, 0.6) is 0 Å². The van der Waals surface area contributed by atoms with Crippen LogP contribution in [0.1, 0.15) is 12.8 Å². The average Bonchev–Trinajstić information content (AvgIpc) is 2.79. The molecule has 1 heterocycles. The van der Waals surface area contributed by atoms with Crippen molar-refractivity contribution < 1.29 is 13.9 Å². The van der Waals surface area contributed by atoms with Gasteiger partial charge >= 0.3 is 6.03 Å². The zero-order chi connectivity index (χ0) is 12.1. The highest BCUT2D eigenvalue weighted by molar-refractivity contribution is 5.89. The Labute approximate surface area is 99.2 Å². The van der Waals surface area contributed by atoms with E-state index in [1.165, 1.54) is 12.1 Å². The first-order valence-electron chi connectivity index (χ1n) is 5.66. The normalized spacial score (nSPS) is 19.0. The number of benzene rings is 1. The summed E-state index contributed by atoms with van der Waals surface area (Å²) in [7, 11) is 0. The van der Waals surface area contributed by atoms with Gasteiger partial charge in [0.15, 0.2) is 0 Å². The van der Waals surface area contributed by atoms with Crippen molar-refractivity contribution >= 4 is 11.7 Å². The molecule has 1 atom stereocenters. The van der Waals surface area contributed by atoms with Crippen LogP contribution < -0.4 is 10.6 Å². The quantitative estimate of drug-likeness (QED) is 0.847. The van der Waals surface area contributed by atoms with Crippen molar-refractivity contribution in [2.24, 2.45) is 0 Å². The van der Waals surface area contributed by atoms with Crippen LogP contribution in [0.2, 0.25) is 0 Å². The van der Waals surface area contributed by atoms with Crippen molar-refractivity contribution in [3.05, 3.63) is 30.1 Å². The van der Waals surface area contributed by atoms with E-state index in [2.05, 4.69) is 10.6 Å². The van der Waals surface area contributed by atoms with E-state index in [1.54, 1.807) is 12.1 Å². The van der Waals surface area contributed by atoms with Gasteiger partial charge in [-0.1, -0.05) is 6.07 Å². The van der Waals surface area contributed by atoms with Gasteiger partial charge in [-0.2, -0.15) is 0 Å². The fraction of sp³-hybridized carbons (Fsp3) is 0.417.